The number of nitrogens with zero attached hydrogens (tertiary/aromatic N) is 1. The molecule has 86 valence electrons. The maximum atomic E-state index is 11.6. The Morgan fingerprint density at radius 1 is 1.31 bits per heavy atom. The van der Waals surface area contributed by atoms with Crippen LogP contribution in [-0.2, 0) is 9.59 Å². The molecule has 1 aromatic carbocycles. The first kappa shape index (κ1) is 12.4. The third-order valence-corrected chi connectivity index (χ3v) is 2.35. The van der Waals surface area contributed by atoms with E-state index in [2.05, 4.69) is 0 Å². The van der Waals surface area contributed by atoms with Crippen molar-refractivity contribution in [2.75, 3.05) is 13.6 Å². The highest BCUT2D eigenvalue weighted by molar-refractivity contribution is 5.84. The Bertz CT molecular complexity index is 376. The fraction of sp³-hybridized carbons (Fsp3) is 0.333. The summed E-state index contributed by atoms with van der Waals surface area (Å²) in [6, 6.07) is 8.93. The van der Waals surface area contributed by atoms with Crippen LogP contribution in [0.3, 0.4) is 0 Å². The number of amides is 1. The quantitative estimate of drug-likeness (QED) is 0.795. The Morgan fingerprint density at radius 2 is 1.88 bits per heavy atom. The molecule has 0 bridgehead atoms. The third-order valence-electron chi connectivity index (χ3n) is 2.35. The molecule has 4 heteroatoms. The first-order valence-electron chi connectivity index (χ1n) is 5.06. The molecule has 0 fully saturated rings. The number of hydrogen-bond acceptors (Lipinski definition) is 3. The van der Waals surface area contributed by atoms with Gasteiger partial charge in [0.15, 0.2) is 5.78 Å². The zero-order valence-corrected chi connectivity index (χ0v) is 9.51. The van der Waals surface area contributed by atoms with Crippen LogP contribution in [-0.4, -0.2) is 30.2 Å². The van der Waals surface area contributed by atoms with Crippen molar-refractivity contribution in [1.82, 2.24) is 4.90 Å². The lowest BCUT2D eigenvalue weighted by atomic mass is 10.0. The molecule has 1 aromatic rings. The molecule has 1 rings (SSSR count). The lowest BCUT2D eigenvalue weighted by molar-refractivity contribution is -0.124. The molecular weight excluding hydrogens is 204 g/mol. The van der Waals surface area contributed by atoms with Crippen molar-refractivity contribution in [3.63, 3.8) is 0 Å². The van der Waals surface area contributed by atoms with Gasteiger partial charge in [0.25, 0.3) is 0 Å². The summed E-state index contributed by atoms with van der Waals surface area (Å²) in [7, 11) is 1.71. The van der Waals surface area contributed by atoms with Crippen LogP contribution in [0.25, 0.3) is 0 Å². The number of carbonyl (C=O) groups is 2. The third kappa shape index (κ3) is 3.17. The van der Waals surface area contributed by atoms with E-state index in [1.54, 1.807) is 11.9 Å². The Kier molecular flexibility index (Phi) is 4.19. The van der Waals surface area contributed by atoms with E-state index in [9.17, 15) is 9.59 Å². The van der Waals surface area contributed by atoms with Crippen LogP contribution in [0, 0.1) is 0 Å². The van der Waals surface area contributed by atoms with Crippen LogP contribution in [0.4, 0.5) is 0 Å². The number of ketones is 1. The van der Waals surface area contributed by atoms with Crippen molar-refractivity contribution in [1.29, 1.82) is 0 Å². The molecular formula is C12H16N2O2. The lowest BCUT2D eigenvalue weighted by Gasteiger charge is -2.24. The van der Waals surface area contributed by atoms with Crippen molar-refractivity contribution in [2.24, 2.45) is 5.73 Å². The van der Waals surface area contributed by atoms with E-state index in [0.29, 0.717) is 0 Å². The minimum Gasteiger partial charge on any atom is -0.369 e. The van der Waals surface area contributed by atoms with E-state index >= 15 is 0 Å². The standard InChI is InChI=1S/C12H16N2O2/c1-9(15)12(14(2)8-11(13)16)10-6-4-3-5-7-10/h3-7,12H,8H2,1-2H3,(H2,13,16). The number of Topliss-reactive ketones (excluding diaryl/α,β-unsaturated/α-hetero) is 1. The number of nitrogens with two attached hydrogens (primary N) is 1. The number of rotatable bonds is 5. The van der Waals surface area contributed by atoms with Crippen LogP contribution in [0.15, 0.2) is 30.3 Å². The molecule has 0 aliphatic rings. The number of hydrogen-bond donors (Lipinski definition) is 1. The fourth-order valence-corrected chi connectivity index (χ4v) is 1.77. The normalized spacial score (nSPS) is 12.4. The van der Waals surface area contributed by atoms with Gasteiger partial charge in [0.1, 0.15) is 0 Å². The molecule has 0 heterocycles. The van der Waals surface area contributed by atoms with Crippen LogP contribution in [0.1, 0.15) is 18.5 Å². The van der Waals surface area contributed by atoms with Gasteiger partial charge in [-0.05, 0) is 19.5 Å². The largest absolute Gasteiger partial charge is 0.369 e. The SMILES string of the molecule is CC(=O)C(c1ccccc1)N(C)CC(N)=O. The van der Waals surface area contributed by atoms with Crippen LogP contribution < -0.4 is 5.73 Å². The summed E-state index contributed by atoms with van der Waals surface area (Å²) in [6.45, 7) is 1.58. The highest BCUT2D eigenvalue weighted by atomic mass is 16.1. The van der Waals surface area contributed by atoms with Crippen molar-refractivity contribution < 1.29 is 9.59 Å². The zero-order chi connectivity index (χ0) is 12.1. The maximum Gasteiger partial charge on any atom is 0.231 e. The lowest BCUT2D eigenvalue weighted by Crippen LogP contribution is -2.36. The van der Waals surface area contributed by atoms with Gasteiger partial charge in [-0.2, -0.15) is 0 Å². The first-order chi connectivity index (χ1) is 7.52. The summed E-state index contributed by atoms with van der Waals surface area (Å²) in [5.74, 6) is -0.445. The molecule has 4 nitrogen and oxygen atoms in total. The van der Waals surface area contributed by atoms with Gasteiger partial charge in [-0.25, -0.2) is 0 Å². The highest BCUT2D eigenvalue weighted by Crippen LogP contribution is 2.19. The second kappa shape index (κ2) is 5.42. The number of primary amides is 1. The van der Waals surface area contributed by atoms with Gasteiger partial charge in [-0.1, -0.05) is 30.3 Å². The van der Waals surface area contributed by atoms with E-state index in [0.717, 1.165) is 5.56 Å². The molecule has 0 spiro atoms. The maximum absolute atomic E-state index is 11.6. The molecule has 0 aliphatic heterocycles. The molecule has 1 amide bonds. The monoisotopic (exact) mass is 220 g/mol. The summed E-state index contributed by atoms with van der Waals surface area (Å²) in [6.07, 6.45) is 0. The highest BCUT2D eigenvalue weighted by Gasteiger charge is 2.22. The zero-order valence-electron chi connectivity index (χ0n) is 9.51. The second-order valence-corrected chi connectivity index (χ2v) is 3.81. The van der Waals surface area contributed by atoms with E-state index in [-0.39, 0.29) is 12.3 Å². The van der Waals surface area contributed by atoms with E-state index in [1.165, 1.54) is 6.92 Å². The molecule has 0 aromatic heterocycles. The first-order valence-corrected chi connectivity index (χ1v) is 5.06. The predicted molar refractivity (Wildman–Crippen MR) is 61.7 cm³/mol. The average Bonchev–Trinajstić information content (AvgIpc) is 2.17. The summed E-state index contributed by atoms with van der Waals surface area (Å²) < 4.78 is 0. The van der Waals surface area contributed by atoms with E-state index in [1.807, 2.05) is 30.3 Å². The minimum atomic E-state index is -0.440. The van der Waals surface area contributed by atoms with Crippen molar-refractivity contribution in [3.05, 3.63) is 35.9 Å². The fourth-order valence-electron chi connectivity index (χ4n) is 1.77. The van der Waals surface area contributed by atoms with Gasteiger partial charge < -0.3 is 5.73 Å². The Morgan fingerprint density at radius 3 is 2.31 bits per heavy atom. The Hall–Kier alpha value is -1.68. The van der Waals surface area contributed by atoms with Crippen molar-refractivity contribution in [3.8, 4) is 0 Å². The van der Waals surface area contributed by atoms with Gasteiger partial charge in [0, 0.05) is 0 Å². The van der Waals surface area contributed by atoms with Gasteiger partial charge in [-0.3, -0.25) is 14.5 Å². The van der Waals surface area contributed by atoms with Crippen LogP contribution >= 0.6 is 0 Å². The van der Waals surface area contributed by atoms with E-state index < -0.39 is 11.9 Å². The number of carbonyl (C=O) groups excluding carboxylic acids is 2. The predicted octanol–water partition coefficient (Wildman–Crippen LogP) is 0.734. The van der Waals surface area contributed by atoms with Gasteiger partial charge in [-0.15, -0.1) is 0 Å². The summed E-state index contributed by atoms with van der Waals surface area (Å²) in [5.41, 5.74) is 5.99. The molecule has 0 saturated carbocycles. The molecule has 0 aliphatic carbocycles. The summed E-state index contributed by atoms with van der Waals surface area (Å²) in [5, 5.41) is 0. The molecule has 16 heavy (non-hydrogen) atoms. The summed E-state index contributed by atoms with van der Waals surface area (Å²) in [4.78, 5) is 24.1. The summed E-state index contributed by atoms with van der Waals surface area (Å²) >= 11 is 0. The molecule has 0 radical (unpaired) electrons. The van der Waals surface area contributed by atoms with Gasteiger partial charge in [0.05, 0.1) is 12.6 Å². The number of benzene rings is 1. The smallest absolute Gasteiger partial charge is 0.231 e. The average molecular weight is 220 g/mol. The molecule has 1 unspecified atom stereocenters. The minimum absolute atomic E-state index is 0.00468. The molecule has 1 atom stereocenters. The Balaban J connectivity index is 2.92. The topological polar surface area (TPSA) is 63.4 Å². The molecule has 2 N–H and O–H groups in total. The molecule has 0 saturated heterocycles. The van der Waals surface area contributed by atoms with Crippen LogP contribution in [0.5, 0.6) is 0 Å². The second-order valence-electron chi connectivity index (χ2n) is 3.81. The van der Waals surface area contributed by atoms with Crippen molar-refractivity contribution >= 4 is 11.7 Å². The van der Waals surface area contributed by atoms with Gasteiger partial charge in [0.2, 0.25) is 5.91 Å². The van der Waals surface area contributed by atoms with Gasteiger partial charge >= 0.3 is 0 Å². The number of likely N-dealkylation sites (N-methyl/N-ethyl adjacent to an activating group) is 1. The Labute approximate surface area is 95.0 Å². The van der Waals surface area contributed by atoms with E-state index in [4.69, 9.17) is 5.73 Å². The van der Waals surface area contributed by atoms with Crippen molar-refractivity contribution in [2.45, 2.75) is 13.0 Å². The van der Waals surface area contributed by atoms with Crippen LogP contribution in [0.2, 0.25) is 0 Å².